The highest BCUT2D eigenvalue weighted by atomic mass is 79.9. The van der Waals surface area contributed by atoms with Gasteiger partial charge in [-0.2, -0.15) is 0 Å². The van der Waals surface area contributed by atoms with Gasteiger partial charge in [-0.3, -0.25) is 0 Å². The Kier molecular flexibility index (Phi) is 4.33. The Labute approximate surface area is 140 Å². The molecule has 0 aliphatic heterocycles. The molecule has 2 aromatic rings. The summed E-state index contributed by atoms with van der Waals surface area (Å²) in [5.74, 6) is 1.76. The Bertz CT molecular complexity index is 648. The van der Waals surface area contributed by atoms with Gasteiger partial charge in [0.2, 0.25) is 0 Å². The van der Waals surface area contributed by atoms with Crippen LogP contribution in [0.3, 0.4) is 0 Å². The van der Waals surface area contributed by atoms with Crippen molar-refractivity contribution in [1.82, 2.24) is 9.55 Å². The number of hydrogen-bond donors (Lipinski definition) is 0. The highest BCUT2D eigenvalue weighted by Gasteiger charge is 2.35. The SMILES string of the molecule is CC1(C)CCCCC1n1c(CCCl)nc2ccc(Br)cc21. The zero-order valence-corrected chi connectivity index (χ0v) is 15.0. The van der Waals surface area contributed by atoms with E-state index in [-0.39, 0.29) is 0 Å². The third kappa shape index (κ3) is 2.87. The summed E-state index contributed by atoms with van der Waals surface area (Å²) in [6.07, 6.45) is 6.00. The van der Waals surface area contributed by atoms with Crippen molar-refractivity contribution < 1.29 is 0 Å². The Morgan fingerprint density at radius 1 is 1.38 bits per heavy atom. The van der Waals surface area contributed by atoms with Gasteiger partial charge >= 0.3 is 0 Å². The molecule has 1 atom stereocenters. The van der Waals surface area contributed by atoms with Gasteiger partial charge in [0, 0.05) is 22.8 Å². The monoisotopic (exact) mass is 368 g/mol. The van der Waals surface area contributed by atoms with Gasteiger partial charge in [-0.15, -0.1) is 11.6 Å². The summed E-state index contributed by atoms with van der Waals surface area (Å²) in [5.41, 5.74) is 2.64. The minimum Gasteiger partial charge on any atom is -0.324 e. The van der Waals surface area contributed by atoms with Crippen molar-refractivity contribution in [3.63, 3.8) is 0 Å². The van der Waals surface area contributed by atoms with Gasteiger partial charge in [0.15, 0.2) is 0 Å². The van der Waals surface area contributed by atoms with Crippen LogP contribution in [0, 0.1) is 5.41 Å². The second kappa shape index (κ2) is 5.92. The normalized spacial score (nSPS) is 21.8. The standard InChI is InChI=1S/C17H22BrClN2/c1-17(2)9-4-3-5-15(17)21-14-11-12(18)6-7-13(14)20-16(21)8-10-19/h6-7,11,15H,3-5,8-10H2,1-2H3. The first-order valence-corrected chi connectivity index (χ1v) is 9.08. The van der Waals surface area contributed by atoms with Crippen LogP contribution in [0.1, 0.15) is 51.4 Å². The maximum Gasteiger partial charge on any atom is 0.111 e. The van der Waals surface area contributed by atoms with Crippen LogP contribution in [0.25, 0.3) is 11.0 Å². The third-order valence-corrected chi connectivity index (χ3v) is 5.49. The molecule has 0 spiro atoms. The molecule has 21 heavy (non-hydrogen) atoms. The first-order chi connectivity index (χ1) is 10.0. The fourth-order valence-corrected chi connectivity index (χ4v) is 4.20. The molecule has 1 fully saturated rings. The molecule has 1 aliphatic rings. The summed E-state index contributed by atoms with van der Waals surface area (Å²) in [4.78, 5) is 4.84. The van der Waals surface area contributed by atoms with E-state index < -0.39 is 0 Å². The number of halogens is 2. The molecule has 0 N–H and O–H groups in total. The average molecular weight is 370 g/mol. The van der Waals surface area contributed by atoms with Crippen LogP contribution >= 0.6 is 27.5 Å². The van der Waals surface area contributed by atoms with Crippen molar-refractivity contribution in [3.05, 3.63) is 28.5 Å². The molecule has 0 amide bonds. The first kappa shape index (κ1) is 15.4. The molecule has 2 nitrogen and oxygen atoms in total. The smallest absolute Gasteiger partial charge is 0.111 e. The topological polar surface area (TPSA) is 17.8 Å². The second-order valence-corrected chi connectivity index (χ2v) is 8.01. The number of aromatic nitrogens is 2. The van der Waals surface area contributed by atoms with E-state index in [1.165, 1.54) is 31.2 Å². The largest absolute Gasteiger partial charge is 0.324 e. The van der Waals surface area contributed by atoms with Crippen LogP contribution in [0.5, 0.6) is 0 Å². The number of imidazole rings is 1. The maximum atomic E-state index is 6.01. The summed E-state index contributed by atoms with van der Waals surface area (Å²) in [7, 11) is 0. The van der Waals surface area contributed by atoms with Gasteiger partial charge < -0.3 is 4.57 Å². The highest BCUT2D eigenvalue weighted by molar-refractivity contribution is 9.10. The lowest BCUT2D eigenvalue weighted by molar-refractivity contribution is 0.145. The summed E-state index contributed by atoms with van der Waals surface area (Å²) >= 11 is 9.61. The molecule has 3 rings (SSSR count). The lowest BCUT2D eigenvalue weighted by atomic mass is 9.73. The van der Waals surface area contributed by atoms with E-state index in [1.807, 2.05) is 0 Å². The highest BCUT2D eigenvalue weighted by Crippen LogP contribution is 2.45. The fourth-order valence-electron chi connectivity index (χ4n) is 3.68. The maximum absolute atomic E-state index is 6.01. The number of aryl methyl sites for hydroxylation is 1. The molecule has 1 aromatic carbocycles. The van der Waals surface area contributed by atoms with Crippen molar-refractivity contribution in [2.75, 3.05) is 5.88 Å². The molecule has 114 valence electrons. The summed E-state index contributed by atoms with van der Waals surface area (Å²) < 4.78 is 3.59. The van der Waals surface area contributed by atoms with E-state index in [0.29, 0.717) is 17.3 Å². The minimum absolute atomic E-state index is 0.315. The van der Waals surface area contributed by atoms with Gasteiger partial charge in [0.25, 0.3) is 0 Å². The lowest BCUT2D eigenvalue weighted by Gasteiger charge is -2.40. The van der Waals surface area contributed by atoms with E-state index in [0.717, 1.165) is 22.2 Å². The molecule has 1 aromatic heterocycles. The van der Waals surface area contributed by atoms with E-state index in [9.17, 15) is 0 Å². The van der Waals surface area contributed by atoms with Crippen molar-refractivity contribution >= 4 is 38.6 Å². The molecule has 0 radical (unpaired) electrons. The number of fused-ring (bicyclic) bond motifs is 1. The molecule has 1 saturated carbocycles. The Hall–Kier alpha value is -0.540. The lowest BCUT2D eigenvalue weighted by Crippen LogP contribution is -2.31. The molecule has 0 bridgehead atoms. The first-order valence-electron chi connectivity index (χ1n) is 7.75. The van der Waals surface area contributed by atoms with Crippen molar-refractivity contribution in [2.24, 2.45) is 5.41 Å². The Balaban J connectivity index is 2.18. The van der Waals surface area contributed by atoms with Gasteiger partial charge in [-0.05, 0) is 36.5 Å². The number of alkyl halides is 1. The molecule has 1 heterocycles. The molecule has 4 heteroatoms. The summed E-state index contributed by atoms with van der Waals surface area (Å²) in [6, 6.07) is 6.88. The molecule has 1 aliphatic carbocycles. The van der Waals surface area contributed by atoms with E-state index >= 15 is 0 Å². The summed E-state index contributed by atoms with van der Waals surface area (Å²) in [6.45, 7) is 4.79. The van der Waals surface area contributed by atoms with Crippen LogP contribution in [0.15, 0.2) is 22.7 Å². The van der Waals surface area contributed by atoms with Crippen LogP contribution in [0.4, 0.5) is 0 Å². The number of benzene rings is 1. The van der Waals surface area contributed by atoms with E-state index in [4.69, 9.17) is 16.6 Å². The van der Waals surface area contributed by atoms with Crippen LogP contribution in [0.2, 0.25) is 0 Å². The predicted molar refractivity (Wildman–Crippen MR) is 93.1 cm³/mol. The molecular formula is C17H22BrClN2. The Morgan fingerprint density at radius 2 is 2.19 bits per heavy atom. The van der Waals surface area contributed by atoms with Crippen molar-refractivity contribution in [1.29, 1.82) is 0 Å². The van der Waals surface area contributed by atoms with Gasteiger partial charge in [0.05, 0.1) is 11.0 Å². The van der Waals surface area contributed by atoms with Crippen LogP contribution < -0.4 is 0 Å². The van der Waals surface area contributed by atoms with Gasteiger partial charge in [0.1, 0.15) is 5.82 Å². The van der Waals surface area contributed by atoms with Crippen LogP contribution in [-0.2, 0) is 6.42 Å². The van der Waals surface area contributed by atoms with Gasteiger partial charge in [-0.1, -0.05) is 42.6 Å². The second-order valence-electron chi connectivity index (χ2n) is 6.72. The van der Waals surface area contributed by atoms with E-state index in [2.05, 4.69) is 52.5 Å². The molecule has 1 unspecified atom stereocenters. The summed E-state index contributed by atoms with van der Waals surface area (Å²) in [5, 5.41) is 0. The quantitative estimate of drug-likeness (QED) is 0.632. The van der Waals surface area contributed by atoms with E-state index in [1.54, 1.807) is 0 Å². The number of rotatable bonds is 3. The van der Waals surface area contributed by atoms with Gasteiger partial charge in [-0.25, -0.2) is 4.98 Å². The van der Waals surface area contributed by atoms with Crippen molar-refractivity contribution in [3.8, 4) is 0 Å². The molecule has 0 saturated heterocycles. The minimum atomic E-state index is 0.315. The fraction of sp³-hybridized carbons (Fsp3) is 0.588. The zero-order valence-electron chi connectivity index (χ0n) is 12.7. The average Bonchev–Trinajstić information content (AvgIpc) is 2.76. The number of nitrogens with zero attached hydrogens (tertiary/aromatic N) is 2. The number of hydrogen-bond acceptors (Lipinski definition) is 1. The Morgan fingerprint density at radius 3 is 2.90 bits per heavy atom. The third-order valence-electron chi connectivity index (χ3n) is 4.81. The van der Waals surface area contributed by atoms with Crippen LogP contribution in [-0.4, -0.2) is 15.4 Å². The molecular weight excluding hydrogens is 348 g/mol. The predicted octanol–water partition coefficient (Wildman–Crippen LogP) is 5.72. The zero-order chi connectivity index (χ0) is 15.0. The van der Waals surface area contributed by atoms with Crippen molar-refractivity contribution in [2.45, 2.75) is 52.0 Å².